The minimum absolute atomic E-state index is 0.213. The smallest absolute Gasteiger partial charge is 0.342 e. The molecule has 0 atom stereocenters. The van der Waals surface area contributed by atoms with Crippen LogP contribution in [0.2, 0.25) is 0 Å². The minimum Gasteiger partial charge on any atom is -0.477 e. The number of carbonyl (C=O) groups is 1. The molecule has 20 heavy (non-hydrogen) atoms. The van der Waals surface area contributed by atoms with Gasteiger partial charge < -0.3 is 9.67 Å². The normalized spacial score (nSPS) is 10.5. The second-order valence-corrected chi connectivity index (χ2v) is 4.91. The predicted octanol–water partition coefficient (Wildman–Crippen LogP) is 1.88. The quantitative estimate of drug-likeness (QED) is 0.676. The Morgan fingerprint density at radius 2 is 2.15 bits per heavy atom. The van der Waals surface area contributed by atoms with Crippen LogP contribution in [0, 0.1) is 17.0 Å². The molecule has 2 aromatic rings. The van der Waals surface area contributed by atoms with Crippen molar-refractivity contribution in [3.8, 4) is 0 Å². The third-order valence-electron chi connectivity index (χ3n) is 2.67. The fourth-order valence-electron chi connectivity index (χ4n) is 1.54. The van der Waals surface area contributed by atoms with E-state index in [0.29, 0.717) is 11.0 Å². The summed E-state index contributed by atoms with van der Waals surface area (Å²) in [7, 11) is 1.73. The number of nitro groups is 1. The van der Waals surface area contributed by atoms with Crippen molar-refractivity contribution in [1.82, 2.24) is 14.8 Å². The second kappa shape index (κ2) is 5.29. The summed E-state index contributed by atoms with van der Waals surface area (Å²) in [4.78, 5) is 21.7. The number of aryl methyl sites for hydroxylation is 1. The van der Waals surface area contributed by atoms with Crippen molar-refractivity contribution in [3.05, 3.63) is 39.7 Å². The molecule has 1 aromatic carbocycles. The van der Waals surface area contributed by atoms with Crippen molar-refractivity contribution < 1.29 is 14.8 Å². The van der Waals surface area contributed by atoms with Crippen LogP contribution < -0.4 is 0 Å². The van der Waals surface area contributed by atoms with Crippen LogP contribution in [0.1, 0.15) is 16.2 Å². The molecule has 0 radical (unpaired) electrons. The Morgan fingerprint density at radius 3 is 2.65 bits per heavy atom. The van der Waals surface area contributed by atoms with E-state index in [4.69, 9.17) is 5.11 Å². The van der Waals surface area contributed by atoms with Crippen LogP contribution in [0.3, 0.4) is 0 Å². The van der Waals surface area contributed by atoms with Gasteiger partial charge in [-0.25, -0.2) is 4.79 Å². The predicted molar refractivity (Wildman–Crippen MR) is 69.9 cm³/mol. The largest absolute Gasteiger partial charge is 0.477 e. The zero-order valence-corrected chi connectivity index (χ0v) is 11.4. The Bertz CT molecular complexity index is 698. The Balaban J connectivity index is 2.52. The highest BCUT2D eigenvalue weighted by atomic mass is 32.2. The van der Waals surface area contributed by atoms with Crippen LogP contribution in [-0.2, 0) is 7.05 Å². The molecule has 0 bridgehead atoms. The van der Waals surface area contributed by atoms with E-state index in [1.54, 1.807) is 18.5 Å². The molecule has 1 heterocycles. The maximum atomic E-state index is 11.1. The second-order valence-electron chi connectivity index (χ2n) is 3.91. The first-order valence-corrected chi connectivity index (χ1v) is 6.28. The van der Waals surface area contributed by atoms with Gasteiger partial charge in [-0.1, -0.05) is 6.07 Å². The van der Waals surface area contributed by atoms with Crippen molar-refractivity contribution >= 4 is 23.4 Å². The van der Waals surface area contributed by atoms with Gasteiger partial charge in [0.15, 0.2) is 5.16 Å². The fourth-order valence-corrected chi connectivity index (χ4v) is 2.52. The fraction of sp³-hybridized carbons (Fsp3) is 0.182. The number of aromatic nitrogens is 3. The summed E-state index contributed by atoms with van der Waals surface area (Å²) in [5.74, 6) is -0.683. The lowest BCUT2D eigenvalue weighted by Crippen LogP contribution is -2.04. The maximum absolute atomic E-state index is 11.1. The van der Waals surface area contributed by atoms with Crippen molar-refractivity contribution in [2.24, 2.45) is 7.05 Å². The van der Waals surface area contributed by atoms with Crippen LogP contribution in [0.5, 0.6) is 0 Å². The SMILES string of the molecule is Cc1nnc(Sc2cccc(C(=O)O)c2[N+](=O)[O-])n1C. The number of hydrogen-bond donors (Lipinski definition) is 1. The molecule has 0 spiro atoms. The highest BCUT2D eigenvalue weighted by molar-refractivity contribution is 7.99. The van der Waals surface area contributed by atoms with Gasteiger partial charge in [-0.05, 0) is 30.8 Å². The molecule has 0 aliphatic heterocycles. The number of hydrogen-bond acceptors (Lipinski definition) is 6. The molecule has 0 saturated heterocycles. The van der Waals surface area contributed by atoms with Crippen LogP contribution in [0.25, 0.3) is 0 Å². The molecule has 2 rings (SSSR count). The number of nitrogens with zero attached hydrogens (tertiary/aromatic N) is 4. The van der Waals surface area contributed by atoms with Crippen molar-refractivity contribution in [1.29, 1.82) is 0 Å². The van der Waals surface area contributed by atoms with E-state index < -0.39 is 16.6 Å². The summed E-state index contributed by atoms with van der Waals surface area (Å²) in [5, 5.41) is 28.3. The number of aromatic carboxylic acids is 1. The molecule has 9 heteroatoms. The first kappa shape index (κ1) is 14.0. The van der Waals surface area contributed by atoms with E-state index in [-0.39, 0.29) is 10.5 Å². The summed E-state index contributed by atoms with van der Waals surface area (Å²) in [6.45, 7) is 1.75. The molecule has 0 amide bonds. The van der Waals surface area contributed by atoms with Gasteiger partial charge in [0.2, 0.25) is 0 Å². The standard InChI is InChI=1S/C11H10N4O4S/c1-6-12-13-11(14(6)2)20-8-5-3-4-7(10(16)17)9(8)15(18)19/h3-5H,1-2H3,(H,16,17). The van der Waals surface area contributed by atoms with Gasteiger partial charge in [-0.15, -0.1) is 10.2 Å². The first-order valence-electron chi connectivity index (χ1n) is 5.46. The van der Waals surface area contributed by atoms with E-state index in [1.807, 2.05) is 0 Å². The monoisotopic (exact) mass is 294 g/mol. The van der Waals surface area contributed by atoms with Crippen molar-refractivity contribution in [2.75, 3.05) is 0 Å². The number of rotatable bonds is 4. The molecule has 104 valence electrons. The summed E-state index contributed by atoms with van der Waals surface area (Å²) < 4.78 is 1.67. The van der Waals surface area contributed by atoms with Crippen LogP contribution >= 0.6 is 11.8 Å². The highest BCUT2D eigenvalue weighted by Gasteiger charge is 2.25. The third-order valence-corrected chi connectivity index (χ3v) is 3.75. The number of para-hydroxylation sites is 1. The molecule has 0 fully saturated rings. The van der Waals surface area contributed by atoms with Gasteiger partial charge in [-0.2, -0.15) is 0 Å². The van der Waals surface area contributed by atoms with Gasteiger partial charge >= 0.3 is 5.97 Å². The highest BCUT2D eigenvalue weighted by Crippen LogP contribution is 2.36. The Hall–Kier alpha value is -2.42. The lowest BCUT2D eigenvalue weighted by atomic mass is 10.2. The number of carboxylic acids is 1. The number of benzene rings is 1. The molecule has 0 aliphatic carbocycles. The molecule has 8 nitrogen and oxygen atoms in total. The van der Waals surface area contributed by atoms with Crippen molar-refractivity contribution in [3.63, 3.8) is 0 Å². The topological polar surface area (TPSA) is 111 Å². The Kier molecular flexibility index (Phi) is 3.70. The molecule has 0 saturated carbocycles. The van der Waals surface area contributed by atoms with Crippen LogP contribution in [0.4, 0.5) is 5.69 Å². The molecule has 0 aliphatic rings. The average Bonchev–Trinajstić information content (AvgIpc) is 2.70. The van der Waals surface area contributed by atoms with Crippen LogP contribution in [0.15, 0.2) is 28.3 Å². The van der Waals surface area contributed by atoms with E-state index in [9.17, 15) is 14.9 Å². The van der Waals surface area contributed by atoms with Gasteiger partial charge in [0.05, 0.1) is 9.82 Å². The minimum atomic E-state index is -1.34. The lowest BCUT2D eigenvalue weighted by Gasteiger charge is -2.05. The van der Waals surface area contributed by atoms with Gasteiger partial charge in [0, 0.05) is 7.05 Å². The van der Waals surface area contributed by atoms with E-state index in [0.717, 1.165) is 11.8 Å². The van der Waals surface area contributed by atoms with Crippen molar-refractivity contribution in [2.45, 2.75) is 17.0 Å². The summed E-state index contributed by atoms with van der Waals surface area (Å²) in [6.07, 6.45) is 0. The molecule has 1 N–H and O–H groups in total. The average molecular weight is 294 g/mol. The number of carboxylic acid groups (broad SMARTS) is 1. The summed E-state index contributed by atoms with van der Waals surface area (Å²) >= 11 is 1.01. The third kappa shape index (κ3) is 2.48. The Morgan fingerprint density at radius 1 is 1.45 bits per heavy atom. The first-order chi connectivity index (χ1) is 9.41. The maximum Gasteiger partial charge on any atom is 0.342 e. The molecular weight excluding hydrogens is 284 g/mol. The summed E-state index contributed by atoms with van der Waals surface area (Å²) in [5.41, 5.74) is -0.787. The Labute approximate surface area is 117 Å². The van der Waals surface area contributed by atoms with Gasteiger partial charge in [-0.3, -0.25) is 10.1 Å². The van der Waals surface area contributed by atoms with Crippen LogP contribution in [-0.4, -0.2) is 30.8 Å². The zero-order chi connectivity index (χ0) is 14.9. The molecule has 1 aromatic heterocycles. The van der Waals surface area contributed by atoms with E-state index in [1.165, 1.54) is 18.2 Å². The van der Waals surface area contributed by atoms with E-state index in [2.05, 4.69) is 10.2 Å². The molecular formula is C11H10N4O4S. The van der Waals surface area contributed by atoms with E-state index >= 15 is 0 Å². The van der Waals surface area contributed by atoms with Gasteiger partial charge in [0.25, 0.3) is 5.69 Å². The zero-order valence-electron chi connectivity index (χ0n) is 10.6. The summed E-state index contributed by atoms with van der Waals surface area (Å²) in [6, 6.07) is 4.15. The van der Waals surface area contributed by atoms with Gasteiger partial charge in [0.1, 0.15) is 11.4 Å². The lowest BCUT2D eigenvalue weighted by molar-refractivity contribution is -0.388. The molecule has 0 unspecified atom stereocenters. The number of nitro benzene ring substituents is 1.